The van der Waals surface area contributed by atoms with E-state index in [0.29, 0.717) is 12.4 Å². The van der Waals surface area contributed by atoms with Crippen molar-refractivity contribution < 1.29 is 12.8 Å². The second kappa shape index (κ2) is 5.55. The molecule has 18 heavy (non-hydrogen) atoms. The highest BCUT2D eigenvalue weighted by atomic mass is 35.5. The molecule has 0 N–H and O–H groups in total. The van der Waals surface area contributed by atoms with Gasteiger partial charge in [-0.15, -0.1) is 11.6 Å². The fourth-order valence-electron chi connectivity index (χ4n) is 2.19. The largest absolute Gasteiger partial charge is 0.243 e. The van der Waals surface area contributed by atoms with Crippen LogP contribution in [0.3, 0.4) is 0 Å². The quantitative estimate of drug-likeness (QED) is 0.803. The van der Waals surface area contributed by atoms with E-state index in [1.165, 1.54) is 16.4 Å². The number of hydrogen-bond acceptors (Lipinski definition) is 2. The Morgan fingerprint density at radius 1 is 1.28 bits per heavy atom. The highest BCUT2D eigenvalue weighted by molar-refractivity contribution is 7.89. The van der Waals surface area contributed by atoms with Crippen molar-refractivity contribution >= 4 is 21.6 Å². The summed E-state index contributed by atoms with van der Waals surface area (Å²) < 4.78 is 39.1. The van der Waals surface area contributed by atoms with Crippen LogP contribution in [0.25, 0.3) is 0 Å². The summed E-state index contributed by atoms with van der Waals surface area (Å²) >= 11 is 5.83. The molecule has 1 unspecified atom stereocenters. The van der Waals surface area contributed by atoms with Gasteiger partial charge < -0.3 is 0 Å². The summed E-state index contributed by atoms with van der Waals surface area (Å²) in [5.41, 5.74) is 0. The summed E-state index contributed by atoms with van der Waals surface area (Å²) in [6.45, 7) is 0.483. The molecule has 6 heteroatoms. The fraction of sp³-hybridized carbons (Fsp3) is 0.500. The van der Waals surface area contributed by atoms with E-state index in [1.807, 2.05) is 0 Å². The van der Waals surface area contributed by atoms with Crippen molar-refractivity contribution in [2.24, 2.45) is 0 Å². The van der Waals surface area contributed by atoms with Gasteiger partial charge in [-0.3, -0.25) is 0 Å². The van der Waals surface area contributed by atoms with Crippen LogP contribution in [0.4, 0.5) is 4.39 Å². The van der Waals surface area contributed by atoms with E-state index in [1.54, 1.807) is 0 Å². The second-order valence-corrected chi connectivity index (χ2v) is 6.57. The van der Waals surface area contributed by atoms with Crippen molar-refractivity contribution in [1.29, 1.82) is 0 Å². The number of sulfonamides is 1. The highest BCUT2D eigenvalue weighted by Gasteiger charge is 2.32. The highest BCUT2D eigenvalue weighted by Crippen LogP contribution is 2.26. The average Bonchev–Trinajstić information content (AvgIpc) is 2.39. The van der Waals surface area contributed by atoms with Gasteiger partial charge in [0.1, 0.15) is 5.82 Å². The van der Waals surface area contributed by atoms with Crippen molar-refractivity contribution in [3.63, 3.8) is 0 Å². The zero-order valence-corrected chi connectivity index (χ0v) is 11.4. The molecule has 0 radical (unpaired) electrons. The molecule has 0 amide bonds. The van der Waals surface area contributed by atoms with Crippen LogP contribution in [0.1, 0.15) is 19.3 Å². The number of halogens is 2. The van der Waals surface area contributed by atoms with Crippen molar-refractivity contribution in [1.82, 2.24) is 4.31 Å². The summed E-state index contributed by atoms with van der Waals surface area (Å²) in [7, 11) is -3.56. The summed E-state index contributed by atoms with van der Waals surface area (Å²) in [6.07, 6.45) is 2.62. The number of alkyl halides is 1. The molecular weight excluding hydrogens is 277 g/mol. The first-order chi connectivity index (χ1) is 8.55. The lowest BCUT2D eigenvalue weighted by Crippen LogP contribution is -2.44. The van der Waals surface area contributed by atoms with Gasteiger partial charge in [0.25, 0.3) is 0 Å². The maximum Gasteiger partial charge on any atom is 0.243 e. The lowest BCUT2D eigenvalue weighted by atomic mass is 10.1. The molecule has 1 atom stereocenters. The normalized spacial score (nSPS) is 22.0. The van der Waals surface area contributed by atoms with Gasteiger partial charge >= 0.3 is 0 Å². The predicted molar refractivity (Wildman–Crippen MR) is 68.7 cm³/mol. The van der Waals surface area contributed by atoms with Crippen LogP contribution in [-0.2, 0) is 10.0 Å². The van der Waals surface area contributed by atoms with Crippen LogP contribution < -0.4 is 0 Å². The van der Waals surface area contributed by atoms with Gasteiger partial charge in [0, 0.05) is 18.5 Å². The van der Waals surface area contributed by atoms with E-state index < -0.39 is 15.8 Å². The Morgan fingerprint density at radius 2 is 1.94 bits per heavy atom. The van der Waals surface area contributed by atoms with Gasteiger partial charge in [-0.25, -0.2) is 12.8 Å². The van der Waals surface area contributed by atoms with Gasteiger partial charge in [-0.05, 0) is 37.1 Å². The summed E-state index contributed by atoms with van der Waals surface area (Å²) in [5.74, 6) is -0.151. The number of nitrogens with zero attached hydrogens (tertiary/aromatic N) is 1. The fourth-order valence-corrected chi connectivity index (χ4v) is 4.28. The van der Waals surface area contributed by atoms with Crippen LogP contribution in [0.2, 0.25) is 0 Å². The first-order valence-corrected chi connectivity index (χ1v) is 7.86. The molecule has 0 bridgehead atoms. The molecule has 1 aromatic carbocycles. The molecule has 0 aliphatic carbocycles. The minimum Gasteiger partial charge on any atom is -0.207 e. The van der Waals surface area contributed by atoms with Crippen molar-refractivity contribution in [2.45, 2.75) is 30.2 Å². The number of rotatable bonds is 3. The molecule has 1 heterocycles. The predicted octanol–water partition coefficient (Wildman–Crippen LogP) is 2.61. The van der Waals surface area contributed by atoms with Crippen LogP contribution >= 0.6 is 11.6 Å². The molecule has 0 spiro atoms. The van der Waals surface area contributed by atoms with E-state index in [4.69, 9.17) is 11.6 Å². The second-order valence-electron chi connectivity index (χ2n) is 4.37. The zero-order chi connectivity index (χ0) is 13.2. The smallest absolute Gasteiger partial charge is 0.207 e. The molecule has 1 fully saturated rings. The Hall–Kier alpha value is -0.650. The molecule has 2 rings (SSSR count). The first-order valence-electron chi connectivity index (χ1n) is 5.89. The zero-order valence-electron chi connectivity index (χ0n) is 9.85. The Bertz CT molecular complexity index is 503. The molecule has 3 nitrogen and oxygen atoms in total. The van der Waals surface area contributed by atoms with E-state index in [0.717, 1.165) is 31.4 Å². The minimum absolute atomic E-state index is 0.126. The molecular formula is C12H15ClFNO2S. The van der Waals surface area contributed by atoms with Gasteiger partial charge in [0.15, 0.2) is 0 Å². The van der Waals surface area contributed by atoms with Gasteiger partial charge in [0.05, 0.1) is 4.90 Å². The Balaban J connectivity index is 2.32. The maximum atomic E-state index is 12.8. The van der Waals surface area contributed by atoms with E-state index in [-0.39, 0.29) is 10.9 Å². The Morgan fingerprint density at radius 3 is 2.56 bits per heavy atom. The van der Waals surface area contributed by atoms with Crippen molar-refractivity contribution in [3.05, 3.63) is 30.1 Å². The molecule has 0 aromatic heterocycles. The number of benzene rings is 1. The van der Waals surface area contributed by atoms with Crippen LogP contribution in [0.5, 0.6) is 0 Å². The molecule has 1 aliphatic heterocycles. The minimum atomic E-state index is -3.56. The van der Waals surface area contributed by atoms with E-state index in [9.17, 15) is 12.8 Å². The maximum absolute atomic E-state index is 12.8. The molecule has 0 saturated carbocycles. The van der Waals surface area contributed by atoms with Gasteiger partial charge in [-0.2, -0.15) is 4.31 Å². The monoisotopic (exact) mass is 291 g/mol. The van der Waals surface area contributed by atoms with Gasteiger partial charge in [-0.1, -0.05) is 6.42 Å². The number of piperidine rings is 1. The first kappa shape index (κ1) is 13.8. The van der Waals surface area contributed by atoms with Crippen molar-refractivity contribution in [3.8, 4) is 0 Å². The lowest BCUT2D eigenvalue weighted by molar-refractivity contribution is 0.271. The topological polar surface area (TPSA) is 37.4 Å². The molecule has 1 saturated heterocycles. The SMILES string of the molecule is O=S(=O)(c1ccc(F)cc1)N1CCCCC1CCl. The summed E-state index contributed by atoms with van der Waals surface area (Å²) in [6, 6.07) is 4.75. The summed E-state index contributed by atoms with van der Waals surface area (Å²) in [4.78, 5) is 0.126. The van der Waals surface area contributed by atoms with E-state index >= 15 is 0 Å². The standard InChI is InChI=1S/C12H15ClFNO2S/c13-9-11-3-1-2-8-15(11)18(16,17)12-6-4-10(14)5-7-12/h4-7,11H,1-3,8-9H2. The van der Waals surface area contributed by atoms with Crippen LogP contribution in [0, 0.1) is 5.82 Å². The summed E-state index contributed by atoms with van der Waals surface area (Å²) in [5, 5.41) is 0. The van der Waals surface area contributed by atoms with Gasteiger partial charge in [0.2, 0.25) is 10.0 Å². The van der Waals surface area contributed by atoms with Crippen LogP contribution in [-0.4, -0.2) is 31.2 Å². The third-order valence-electron chi connectivity index (χ3n) is 3.17. The van der Waals surface area contributed by atoms with Crippen LogP contribution in [0.15, 0.2) is 29.2 Å². The van der Waals surface area contributed by atoms with E-state index in [2.05, 4.69) is 0 Å². The Kier molecular flexibility index (Phi) is 4.25. The third kappa shape index (κ3) is 2.68. The molecule has 100 valence electrons. The number of hydrogen-bond donors (Lipinski definition) is 0. The Labute approximate surface area is 112 Å². The molecule has 1 aromatic rings. The average molecular weight is 292 g/mol. The third-order valence-corrected chi connectivity index (χ3v) is 5.49. The van der Waals surface area contributed by atoms with Crippen molar-refractivity contribution in [2.75, 3.05) is 12.4 Å². The lowest BCUT2D eigenvalue weighted by Gasteiger charge is -2.33. The molecule has 1 aliphatic rings.